The molecule has 0 aromatic carbocycles. The number of hydrogen-bond acceptors (Lipinski definition) is 7. The second-order valence-corrected chi connectivity index (χ2v) is 18.0. The van der Waals surface area contributed by atoms with E-state index >= 15 is 0 Å². The maximum atomic E-state index is 12.8. The summed E-state index contributed by atoms with van der Waals surface area (Å²) in [6.45, 7) is 4.63. The number of carboxylic acid groups (broad SMARTS) is 1. The molecule has 0 spiro atoms. The number of rotatable bonds is 45. The number of carbonyl (C=O) groups excluding carboxylic acids is 3. The Morgan fingerprint density at radius 2 is 0.869 bits per heavy atom. The van der Waals surface area contributed by atoms with Gasteiger partial charge in [0.2, 0.25) is 0 Å². The average molecular weight is 858 g/mol. The lowest BCUT2D eigenvalue weighted by Crippen LogP contribution is -2.55. The van der Waals surface area contributed by atoms with Crippen molar-refractivity contribution in [3.8, 4) is 0 Å². The fourth-order valence-electron chi connectivity index (χ4n) is 7.25. The van der Waals surface area contributed by atoms with E-state index in [1.165, 1.54) is 116 Å². The van der Waals surface area contributed by atoms with Crippen LogP contribution in [0, 0.1) is 0 Å². The van der Waals surface area contributed by atoms with Crippen molar-refractivity contribution in [3.05, 3.63) is 48.6 Å². The molecule has 0 aliphatic rings. The number of allylic oxidation sites excluding steroid dienone is 8. The molecule has 0 aromatic rings. The van der Waals surface area contributed by atoms with E-state index in [1.807, 2.05) is 0 Å². The van der Waals surface area contributed by atoms with Crippen LogP contribution in [0.25, 0.3) is 0 Å². The van der Waals surface area contributed by atoms with Crippen LogP contribution in [-0.4, -0.2) is 75.5 Å². The molecule has 0 aromatic heterocycles. The molecule has 0 amide bonds. The number of nitrogens with zero attached hydrogens (tertiary/aromatic N) is 1. The highest BCUT2D eigenvalue weighted by Gasteiger charge is 2.25. The van der Waals surface area contributed by atoms with Gasteiger partial charge in [-0.25, -0.2) is 0 Å². The minimum absolute atomic E-state index is 0.0344. The van der Waals surface area contributed by atoms with E-state index in [0.717, 1.165) is 70.6 Å². The zero-order chi connectivity index (χ0) is 44.9. The van der Waals surface area contributed by atoms with E-state index in [4.69, 9.17) is 14.2 Å². The summed E-state index contributed by atoms with van der Waals surface area (Å²) in [5, 5.41) is 11.7. The van der Waals surface area contributed by atoms with Crippen LogP contribution in [0.4, 0.5) is 0 Å². The van der Waals surface area contributed by atoms with E-state index < -0.39 is 18.1 Å². The first-order valence-electron chi connectivity index (χ1n) is 25.2. The molecule has 8 heteroatoms. The predicted molar refractivity (Wildman–Crippen MR) is 254 cm³/mol. The first-order chi connectivity index (χ1) is 29.6. The van der Waals surface area contributed by atoms with Crippen LogP contribution in [-0.2, 0) is 28.6 Å². The van der Waals surface area contributed by atoms with Gasteiger partial charge < -0.3 is 28.6 Å². The normalized spacial score (nSPS) is 13.3. The zero-order valence-corrected chi connectivity index (χ0v) is 40.3. The van der Waals surface area contributed by atoms with E-state index in [0.29, 0.717) is 12.8 Å². The molecule has 61 heavy (non-hydrogen) atoms. The van der Waals surface area contributed by atoms with Gasteiger partial charge in [-0.3, -0.25) is 9.59 Å². The van der Waals surface area contributed by atoms with Gasteiger partial charge >= 0.3 is 11.9 Å². The number of carboxylic acids is 1. The van der Waals surface area contributed by atoms with Gasteiger partial charge in [-0.15, -0.1) is 0 Å². The lowest BCUT2D eigenvalue weighted by atomic mass is 10.1. The molecule has 0 N–H and O–H groups in total. The van der Waals surface area contributed by atoms with Gasteiger partial charge in [0.1, 0.15) is 12.6 Å². The fourth-order valence-corrected chi connectivity index (χ4v) is 7.25. The third kappa shape index (κ3) is 42.4. The van der Waals surface area contributed by atoms with Crippen molar-refractivity contribution in [2.24, 2.45) is 0 Å². The number of esters is 2. The lowest BCUT2D eigenvalue weighted by molar-refractivity contribution is -0.889. The Bertz CT molecular complexity index is 1140. The first kappa shape index (κ1) is 58.3. The Labute approximate surface area is 376 Å². The number of carbonyl (C=O) groups is 3. The predicted octanol–water partition coefficient (Wildman–Crippen LogP) is 13.0. The maximum absolute atomic E-state index is 12.8. The molecule has 8 nitrogen and oxygen atoms in total. The van der Waals surface area contributed by atoms with Crippen molar-refractivity contribution in [1.82, 2.24) is 0 Å². The summed E-state index contributed by atoms with van der Waals surface area (Å²) in [7, 11) is 5.41. The Hall–Kier alpha value is -2.71. The van der Waals surface area contributed by atoms with Gasteiger partial charge in [0.15, 0.2) is 6.10 Å². The lowest BCUT2D eigenvalue weighted by Gasteiger charge is -2.34. The van der Waals surface area contributed by atoms with Crippen LogP contribution in [0.5, 0.6) is 0 Å². The van der Waals surface area contributed by atoms with E-state index in [9.17, 15) is 19.5 Å². The van der Waals surface area contributed by atoms with Crippen molar-refractivity contribution < 1.29 is 38.2 Å². The molecule has 0 fully saturated rings. The molecule has 0 rings (SSSR count). The van der Waals surface area contributed by atoms with Gasteiger partial charge in [-0.1, -0.05) is 172 Å². The maximum Gasteiger partial charge on any atom is 0.306 e. The Morgan fingerprint density at radius 3 is 1.28 bits per heavy atom. The monoisotopic (exact) mass is 858 g/mol. The Balaban J connectivity index is 4.28. The van der Waals surface area contributed by atoms with Crippen LogP contribution < -0.4 is 5.11 Å². The molecular formula is C53H95NO7. The summed E-state index contributed by atoms with van der Waals surface area (Å²) < 4.78 is 17.2. The minimum Gasteiger partial charge on any atom is -0.544 e. The average Bonchev–Trinajstić information content (AvgIpc) is 3.22. The summed E-state index contributed by atoms with van der Waals surface area (Å²) >= 11 is 0. The van der Waals surface area contributed by atoms with Gasteiger partial charge in [0.25, 0.3) is 0 Å². The second-order valence-electron chi connectivity index (χ2n) is 18.0. The summed E-state index contributed by atoms with van der Waals surface area (Å²) in [5.41, 5.74) is 0. The molecule has 0 saturated heterocycles. The summed E-state index contributed by atoms with van der Waals surface area (Å²) in [4.78, 5) is 37.0. The van der Waals surface area contributed by atoms with E-state index in [-0.39, 0.29) is 42.7 Å². The van der Waals surface area contributed by atoms with E-state index in [2.05, 4.69) is 62.5 Å². The van der Waals surface area contributed by atoms with Crippen molar-refractivity contribution >= 4 is 17.9 Å². The number of unbranched alkanes of at least 4 members (excludes halogenated alkanes) is 23. The SMILES string of the molecule is CCCCCC/C=C\C/C=C\CCCCCCCC(=O)OCC(COCCC(C(=O)[O-])[N+](C)(C)C)OC(=O)CCCCCCCCCCC/C=C\C/C=C\CCCCCCC. The van der Waals surface area contributed by atoms with Crippen LogP contribution in [0.15, 0.2) is 48.6 Å². The number of quaternary nitrogens is 1. The molecule has 2 unspecified atom stereocenters. The van der Waals surface area contributed by atoms with Gasteiger partial charge in [0, 0.05) is 19.3 Å². The summed E-state index contributed by atoms with van der Waals surface area (Å²) in [6.07, 6.45) is 52.7. The van der Waals surface area contributed by atoms with E-state index in [1.54, 1.807) is 21.1 Å². The molecule has 2 atom stereocenters. The molecule has 354 valence electrons. The largest absolute Gasteiger partial charge is 0.544 e. The zero-order valence-electron chi connectivity index (χ0n) is 40.3. The molecule has 0 bridgehead atoms. The summed E-state index contributed by atoms with van der Waals surface area (Å²) in [5.74, 6) is -1.75. The van der Waals surface area contributed by atoms with Crippen molar-refractivity contribution in [3.63, 3.8) is 0 Å². The smallest absolute Gasteiger partial charge is 0.306 e. The topological polar surface area (TPSA) is 102 Å². The standard InChI is InChI=1S/C53H95NO7/c1-6-8-10-12-14-16-18-20-22-24-25-26-27-28-30-32-34-36-38-40-42-44-52(56)61-49(47-59-46-45-50(53(57)58)54(3,4)5)48-60-51(55)43-41-39-37-35-33-31-29-23-21-19-17-15-13-11-9-7-2/h17-20,23-25,29,49-50H,6-16,21-22,26-28,30-48H2,1-5H3/b19-17-,20-18-,25-24-,29-23-. The highest BCUT2D eigenvalue weighted by molar-refractivity contribution is 5.70. The molecule has 0 heterocycles. The number of ether oxygens (including phenoxy) is 3. The molecular weight excluding hydrogens is 763 g/mol. The quantitative estimate of drug-likeness (QED) is 0.0260. The van der Waals surface area contributed by atoms with Crippen LogP contribution in [0.1, 0.15) is 219 Å². The molecule has 0 aliphatic heterocycles. The highest BCUT2D eigenvalue weighted by Crippen LogP contribution is 2.14. The van der Waals surface area contributed by atoms with Gasteiger partial charge in [-0.05, 0) is 77.0 Å². The number of aliphatic carboxylic acids is 1. The first-order valence-corrected chi connectivity index (χ1v) is 25.2. The van der Waals surface area contributed by atoms with Crippen LogP contribution in [0.3, 0.4) is 0 Å². The fraction of sp³-hybridized carbons (Fsp3) is 0.792. The van der Waals surface area contributed by atoms with Crippen molar-refractivity contribution in [2.75, 3.05) is 41.0 Å². The molecule has 0 radical (unpaired) electrons. The van der Waals surface area contributed by atoms with Crippen LogP contribution >= 0.6 is 0 Å². The highest BCUT2D eigenvalue weighted by atomic mass is 16.6. The van der Waals surface area contributed by atoms with Crippen molar-refractivity contribution in [2.45, 2.75) is 231 Å². The Morgan fingerprint density at radius 1 is 0.492 bits per heavy atom. The number of likely N-dealkylation sites (N-methyl/N-ethyl adjacent to an activating group) is 1. The van der Waals surface area contributed by atoms with Gasteiger partial charge in [-0.2, -0.15) is 0 Å². The van der Waals surface area contributed by atoms with Gasteiger partial charge in [0.05, 0.1) is 40.3 Å². The van der Waals surface area contributed by atoms with Crippen LogP contribution in [0.2, 0.25) is 0 Å². The second kappa shape index (κ2) is 43.9. The van der Waals surface area contributed by atoms with Crippen molar-refractivity contribution in [1.29, 1.82) is 0 Å². The molecule has 0 aliphatic carbocycles. The third-order valence-corrected chi connectivity index (χ3v) is 11.2. The summed E-state index contributed by atoms with van der Waals surface area (Å²) in [6, 6.07) is -0.730. The molecule has 0 saturated carbocycles. The third-order valence-electron chi connectivity index (χ3n) is 11.2. The number of hydrogen-bond donors (Lipinski definition) is 0. The minimum atomic E-state index is -1.13. The Kier molecular flexibility index (Phi) is 42.0.